The Bertz CT molecular complexity index is 995. The Morgan fingerprint density at radius 1 is 1.14 bits per heavy atom. The van der Waals surface area contributed by atoms with Crippen molar-refractivity contribution >= 4 is 78.8 Å². The number of nitrogens with zero attached hydrogens (tertiary/aromatic N) is 2. The minimum atomic E-state index is -1.23. The molecule has 0 aliphatic carbocycles. The van der Waals surface area contributed by atoms with Crippen molar-refractivity contribution in [2.24, 2.45) is 11.0 Å². The molecule has 10 heteroatoms. The van der Waals surface area contributed by atoms with Crippen LogP contribution in [0.4, 0.5) is 5.69 Å². The Labute approximate surface area is 182 Å². The van der Waals surface area contributed by atoms with Gasteiger partial charge in [-0.25, -0.2) is 5.43 Å². The molecule has 3 rings (SSSR count). The van der Waals surface area contributed by atoms with Crippen LogP contribution in [0.15, 0.2) is 62.6 Å². The Hall–Kier alpha value is -2.43. The molecule has 1 atom stereocenters. The molecule has 1 aliphatic rings. The lowest BCUT2D eigenvalue weighted by Crippen LogP contribution is -2.58. The van der Waals surface area contributed by atoms with Crippen LogP contribution >= 0.6 is 44.1 Å². The monoisotopic (exact) mass is 522 g/mol. The first-order valence-corrected chi connectivity index (χ1v) is 9.90. The number of carbonyl (C=O) groups is 3. The third-order valence-corrected chi connectivity index (χ3v) is 5.30. The van der Waals surface area contributed by atoms with Crippen LogP contribution in [0.2, 0.25) is 0 Å². The number of hydrogen-bond acceptors (Lipinski definition) is 5. The van der Waals surface area contributed by atoms with Gasteiger partial charge in [-0.2, -0.15) is 5.10 Å². The molecule has 0 aromatic heterocycles. The largest absolute Gasteiger partial charge is 0.301 e. The van der Waals surface area contributed by atoms with E-state index < -0.39 is 23.6 Å². The van der Waals surface area contributed by atoms with E-state index in [1.807, 2.05) is 0 Å². The van der Waals surface area contributed by atoms with Crippen LogP contribution in [0.25, 0.3) is 0 Å². The summed E-state index contributed by atoms with van der Waals surface area (Å²) in [7, 11) is 0. The van der Waals surface area contributed by atoms with Crippen molar-refractivity contribution in [3.05, 3.63) is 63.0 Å². The van der Waals surface area contributed by atoms with Gasteiger partial charge < -0.3 is 5.32 Å². The average molecular weight is 524 g/mol. The summed E-state index contributed by atoms with van der Waals surface area (Å²) in [6, 6.07) is 13.7. The van der Waals surface area contributed by atoms with Crippen molar-refractivity contribution in [3.63, 3.8) is 0 Å². The van der Waals surface area contributed by atoms with Crippen LogP contribution in [-0.2, 0) is 9.59 Å². The zero-order chi connectivity index (χ0) is 20.3. The van der Waals surface area contributed by atoms with E-state index in [1.54, 1.807) is 48.5 Å². The Kier molecular flexibility index (Phi) is 6.32. The molecule has 0 saturated carbocycles. The lowest BCUT2D eigenvalue weighted by atomic mass is 10.1. The molecule has 1 aliphatic heterocycles. The third-order valence-electron chi connectivity index (χ3n) is 3.80. The van der Waals surface area contributed by atoms with Crippen LogP contribution in [0.5, 0.6) is 0 Å². The number of hydrazone groups is 1. The zero-order valence-electron chi connectivity index (χ0n) is 14.1. The van der Waals surface area contributed by atoms with Crippen LogP contribution in [0, 0.1) is 5.92 Å². The normalized spacial score (nSPS) is 17.0. The number of thiocarbonyl (C=S) groups is 1. The Morgan fingerprint density at radius 3 is 2.50 bits per heavy atom. The van der Waals surface area contributed by atoms with E-state index in [1.165, 1.54) is 4.90 Å². The van der Waals surface area contributed by atoms with E-state index in [2.05, 4.69) is 47.7 Å². The number of carbonyl (C=O) groups excluding carboxylic acids is 3. The van der Waals surface area contributed by atoms with Gasteiger partial charge in [0.15, 0.2) is 11.0 Å². The van der Waals surface area contributed by atoms with E-state index in [4.69, 9.17) is 12.2 Å². The van der Waals surface area contributed by atoms with Gasteiger partial charge in [-0.15, -0.1) is 0 Å². The smallest absolute Gasteiger partial charge is 0.272 e. The quantitative estimate of drug-likeness (QED) is 0.279. The second-order valence-electron chi connectivity index (χ2n) is 5.62. The molecular formula is C18H12Br2N4O3S. The minimum absolute atomic E-state index is 0.0146. The Morgan fingerprint density at radius 2 is 1.82 bits per heavy atom. The molecule has 0 bridgehead atoms. The molecule has 1 saturated heterocycles. The first-order chi connectivity index (χ1) is 13.4. The molecule has 0 spiro atoms. The van der Waals surface area contributed by atoms with Gasteiger partial charge in [0.2, 0.25) is 5.91 Å². The maximum absolute atomic E-state index is 12.8. The van der Waals surface area contributed by atoms with E-state index in [9.17, 15) is 14.4 Å². The number of nitrogens with one attached hydrogen (secondary N) is 2. The third kappa shape index (κ3) is 4.34. The first kappa shape index (κ1) is 20.3. The Balaban J connectivity index is 1.76. The fourth-order valence-electron chi connectivity index (χ4n) is 2.43. The van der Waals surface area contributed by atoms with E-state index >= 15 is 0 Å². The molecule has 3 amide bonds. The van der Waals surface area contributed by atoms with Crippen LogP contribution < -0.4 is 15.6 Å². The topological polar surface area (TPSA) is 90.9 Å². The summed E-state index contributed by atoms with van der Waals surface area (Å²) in [6.45, 7) is 0. The van der Waals surface area contributed by atoms with E-state index in [0.717, 1.165) is 10.7 Å². The van der Waals surface area contributed by atoms with Crippen molar-refractivity contribution in [2.45, 2.75) is 0 Å². The number of hydrogen-bond donors (Lipinski definition) is 2. The van der Waals surface area contributed by atoms with Gasteiger partial charge >= 0.3 is 0 Å². The minimum Gasteiger partial charge on any atom is -0.301 e. The van der Waals surface area contributed by atoms with E-state index in [0.29, 0.717) is 15.7 Å². The molecule has 28 heavy (non-hydrogen) atoms. The standard InChI is InChI=1S/C18H12Br2N4O3S/c19-10-5-7-11(8-6-10)24-17(27)13(15(25)22-18(24)28)9-21-23-16(26)12-3-1-2-4-14(12)20/h1-9,13H,(H,23,26)(H,22,25,28)/b21-9-/t13-/m0/s1. The second-order valence-corrected chi connectivity index (χ2v) is 7.78. The summed E-state index contributed by atoms with van der Waals surface area (Å²) in [5, 5.41) is 6.24. The fraction of sp³-hybridized carbons (Fsp3) is 0.0556. The second kappa shape index (κ2) is 8.72. The predicted molar refractivity (Wildman–Crippen MR) is 116 cm³/mol. The number of rotatable bonds is 4. The highest BCUT2D eigenvalue weighted by molar-refractivity contribution is 9.10. The molecule has 142 valence electrons. The summed E-state index contributed by atoms with van der Waals surface area (Å²) in [5.74, 6) is -2.88. The zero-order valence-corrected chi connectivity index (χ0v) is 18.0. The summed E-state index contributed by atoms with van der Waals surface area (Å²) in [5.41, 5.74) is 3.19. The molecule has 7 nitrogen and oxygen atoms in total. The van der Waals surface area contributed by atoms with Crippen molar-refractivity contribution in [2.75, 3.05) is 4.90 Å². The van der Waals surface area contributed by atoms with Gasteiger partial charge in [-0.05, 0) is 64.5 Å². The van der Waals surface area contributed by atoms with Gasteiger partial charge in [0, 0.05) is 15.2 Å². The molecule has 2 N–H and O–H groups in total. The lowest BCUT2D eigenvalue weighted by Gasteiger charge is -2.30. The number of halogens is 2. The molecule has 0 radical (unpaired) electrons. The van der Waals surface area contributed by atoms with Gasteiger partial charge in [-0.3, -0.25) is 19.3 Å². The SMILES string of the molecule is O=C(N/N=C\[C@H]1C(=O)NC(=S)N(c2ccc(Br)cc2)C1=O)c1ccccc1Br. The summed E-state index contributed by atoms with van der Waals surface area (Å²) in [4.78, 5) is 38.3. The molecule has 1 heterocycles. The summed E-state index contributed by atoms with van der Waals surface area (Å²) < 4.78 is 1.43. The molecule has 0 unspecified atom stereocenters. The van der Waals surface area contributed by atoms with Gasteiger partial charge in [0.25, 0.3) is 11.8 Å². The van der Waals surface area contributed by atoms with E-state index in [-0.39, 0.29) is 5.11 Å². The van der Waals surface area contributed by atoms with Crippen molar-refractivity contribution < 1.29 is 14.4 Å². The van der Waals surface area contributed by atoms with Crippen LogP contribution in [0.3, 0.4) is 0 Å². The van der Waals surface area contributed by atoms with Crippen molar-refractivity contribution in [1.82, 2.24) is 10.7 Å². The number of amides is 3. The molecule has 2 aromatic carbocycles. The van der Waals surface area contributed by atoms with Crippen LogP contribution in [0.1, 0.15) is 10.4 Å². The van der Waals surface area contributed by atoms with Gasteiger partial charge in [-0.1, -0.05) is 28.1 Å². The van der Waals surface area contributed by atoms with Gasteiger partial charge in [0.05, 0.1) is 11.3 Å². The summed E-state index contributed by atoms with van der Waals surface area (Å²) in [6.07, 6.45) is 1.08. The maximum atomic E-state index is 12.8. The van der Waals surface area contributed by atoms with Gasteiger partial charge in [0.1, 0.15) is 0 Å². The molecule has 1 fully saturated rings. The van der Waals surface area contributed by atoms with Crippen molar-refractivity contribution in [1.29, 1.82) is 0 Å². The maximum Gasteiger partial charge on any atom is 0.272 e. The van der Waals surface area contributed by atoms with Crippen LogP contribution in [-0.4, -0.2) is 29.0 Å². The predicted octanol–water partition coefficient (Wildman–Crippen LogP) is 2.99. The molecular weight excluding hydrogens is 512 g/mol. The first-order valence-electron chi connectivity index (χ1n) is 7.91. The van der Waals surface area contributed by atoms with Crippen molar-refractivity contribution in [3.8, 4) is 0 Å². The highest BCUT2D eigenvalue weighted by Crippen LogP contribution is 2.22. The number of benzene rings is 2. The molecule has 2 aromatic rings. The fourth-order valence-corrected chi connectivity index (χ4v) is 3.46. The number of anilines is 1. The summed E-state index contributed by atoms with van der Waals surface area (Å²) >= 11 is 11.7. The average Bonchev–Trinajstić information content (AvgIpc) is 2.66. The lowest BCUT2D eigenvalue weighted by molar-refractivity contribution is -0.130. The highest BCUT2D eigenvalue weighted by atomic mass is 79.9. The highest BCUT2D eigenvalue weighted by Gasteiger charge is 2.38.